The maximum Gasteiger partial charge on any atom is 0.270 e. The number of carbonyl (C=O) groups is 1. The molecule has 1 N–H and O–H groups in total. The molecule has 0 unspecified atom stereocenters. The lowest BCUT2D eigenvalue weighted by Crippen LogP contribution is -2.50. The van der Waals surface area contributed by atoms with Crippen LogP contribution in [0.3, 0.4) is 0 Å². The second kappa shape index (κ2) is 7.20. The van der Waals surface area contributed by atoms with Gasteiger partial charge in [-0.15, -0.1) is 0 Å². The Labute approximate surface area is 146 Å². The van der Waals surface area contributed by atoms with Crippen LogP contribution in [0.5, 0.6) is 0 Å². The van der Waals surface area contributed by atoms with Gasteiger partial charge in [0, 0.05) is 62.3 Å². The zero-order valence-corrected chi connectivity index (χ0v) is 14.6. The molecule has 1 fully saturated rings. The fourth-order valence-corrected chi connectivity index (χ4v) is 3.04. The topological polar surface area (TPSA) is 85.7 Å². The van der Waals surface area contributed by atoms with Crippen molar-refractivity contribution in [3.8, 4) is 0 Å². The van der Waals surface area contributed by atoms with E-state index in [-0.39, 0.29) is 11.6 Å². The number of fused-ring (bicyclic) bond motifs is 1. The summed E-state index contributed by atoms with van der Waals surface area (Å²) in [4.78, 5) is 32.6. The van der Waals surface area contributed by atoms with Gasteiger partial charge in [0.05, 0.1) is 4.92 Å². The third-order valence-electron chi connectivity index (χ3n) is 4.57. The number of benzene rings is 1. The number of likely N-dealkylation sites (N-methyl/N-ethyl adjacent to an activating group) is 1. The summed E-state index contributed by atoms with van der Waals surface area (Å²) in [6, 6.07) is 6.27. The summed E-state index contributed by atoms with van der Waals surface area (Å²) in [5, 5.41) is 11.6. The Kier molecular flexibility index (Phi) is 5.00. The molecular formula is C17H23N5O3. The van der Waals surface area contributed by atoms with Crippen molar-refractivity contribution in [2.75, 3.05) is 53.4 Å². The lowest BCUT2D eigenvalue weighted by Gasteiger charge is -2.35. The number of hydrogen-bond donors (Lipinski definition) is 1. The minimum Gasteiger partial charge on any atom is -0.351 e. The predicted octanol–water partition coefficient (Wildman–Crippen LogP) is 1.40. The lowest BCUT2D eigenvalue weighted by molar-refractivity contribution is -0.384. The fraction of sp³-hybridized carbons (Fsp3) is 0.471. The van der Waals surface area contributed by atoms with E-state index in [2.05, 4.69) is 28.9 Å². The summed E-state index contributed by atoms with van der Waals surface area (Å²) in [5.74, 6) is -0.0499. The van der Waals surface area contributed by atoms with Crippen molar-refractivity contribution >= 4 is 22.5 Å². The van der Waals surface area contributed by atoms with Gasteiger partial charge in [-0.3, -0.25) is 19.8 Å². The van der Waals surface area contributed by atoms with E-state index in [1.54, 1.807) is 12.1 Å². The van der Waals surface area contributed by atoms with Gasteiger partial charge in [-0.2, -0.15) is 0 Å². The third kappa shape index (κ3) is 3.97. The molecule has 1 saturated heterocycles. The van der Waals surface area contributed by atoms with Crippen LogP contribution in [0.15, 0.2) is 24.3 Å². The summed E-state index contributed by atoms with van der Waals surface area (Å²) < 4.78 is 0. The van der Waals surface area contributed by atoms with Crippen molar-refractivity contribution in [2.24, 2.45) is 0 Å². The highest BCUT2D eigenvalue weighted by Crippen LogP contribution is 2.22. The second-order valence-electron chi connectivity index (χ2n) is 6.65. The molecule has 2 aromatic rings. The minimum absolute atomic E-state index is 0.0278. The number of H-pyrrole nitrogens is 1. The molecule has 0 spiro atoms. The zero-order chi connectivity index (χ0) is 18.0. The molecular weight excluding hydrogens is 322 g/mol. The van der Waals surface area contributed by atoms with E-state index in [0.717, 1.165) is 31.7 Å². The third-order valence-corrected chi connectivity index (χ3v) is 4.57. The van der Waals surface area contributed by atoms with Gasteiger partial charge in [0.15, 0.2) is 0 Å². The maximum absolute atomic E-state index is 12.7. The number of aromatic nitrogens is 1. The average Bonchev–Trinajstić information content (AvgIpc) is 3.02. The Bertz CT molecular complexity index is 778. The van der Waals surface area contributed by atoms with Gasteiger partial charge in [0.1, 0.15) is 5.69 Å². The van der Waals surface area contributed by atoms with Crippen LogP contribution in [-0.4, -0.2) is 83.9 Å². The SMILES string of the molecule is CN(C)CCN1CCN(C(=O)c2cc3cc([N+](=O)[O-])ccc3[nH]2)CC1. The van der Waals surface area contributed by atoms with Gasteiger partial charge in [-0.25, -0.2) is 0 Å². The summed E-state index contributed by atoms with van der Waals surface area (Å²) in [5.41, 5.74) is 1.25. The summed E-state index contributed by atoms with van der Waals surface area (Å²) >= 11 is 0. The minimum atomic E-state index is -0.430. The van der Waals surface area contributed by atoms with E-state index in [1.807, 2.05) is 4.90 Å². The molecule has 0 atom stereocenters. The first kappa shape index (κ1) is 17.4. The van der Waals surface area contributed by atoms with Crippen LogP contribution >= 0.6 is 0 Å². The van der Waals surface area contributed by atoms with Crippen molar-refractivity contribution in [2.45, 2.75) is 0 Å². The largest absolute Gasteiger partial charge is 0.351 e. The molecule has 2 heterocycles. The van der Waals surface area contributed by atoms with Crippen molar-refractivity contribution in [3.63, 3.8) is 0 Å². The Morgan fingerprint density at radius 1 is 1.24 bits per heavy atom. The molecule has 8 nitrogen and oxygen atoms in total. The molecule has 134 valence electrons. The van der Waals surface area contributed by atoms with E-state index in [0.29, 0.717) is 24.2 Å². The number of hydrogen-bond acceptors (Lipinski definition) is 5. The summed E-state index contributed by atoms with van der Waals surface area (Å²) in [6.07, 6.45) is 0. The Hall–Kier alpha value is -2.45. The number of amides is 1. The van der Waals surface area contributed by atoms with Gasteiger partial charge < -0.3 is 14.8 Å². The van der Waals surface area contributed by atoms with Crippen molar-refractivity contribution < 1.29 is 9.72 Å². The number of aromatic amines is 1. The molecule has 0 radical (unpaired) electrons. The number of piperazine rings is 1. The smallest absolute Gasteiger partial charge is 0.270 e. The number of nitro groups is 1. The molecule has 1 aliphatic heterocycles. The molecule has 1 amide bonds. The number of non-ortho nitro benzene ring substituents is 1. The first-order valence-corrected chi connectivity index (χ1v) is 8.37. The monoisotopic (exact) mass is 345 g/mol. The van der Waals surface area contributed by atoms with E-state index in [4.69, 9.17) is 0 Å². The van der Waals surface area contributed by atoms with Crippen LogP contribution in [-0.2, 0) is 0 Å². The van der Waals surface area contributed by atoms with Crippen LogP contribution in [0.2, 0.25) is 0 Å². The Morgan fingerprint density at radius 3 is 2.60 bits per heavy atom. The number of rotatable bonds is 5. The Morgan fingerprint density at radius 2 is 1.96 bits per heavy atom. The highest BCUT2D eigenvalue weighted by molar-refractivity contribution is 5.98. The van der Waals surface area contributed by atoms with Crippen LogP contribution in [0.25, 0.3) is 10.9 Å². The normalized spacial score (nSPS) is 15.9. The maximum atomic E-state index is 12.7. The van der Waals surface area contributed by atoms with Gasteiger partial charge in [0.2, 0.25) is 0 Å². The van der Waals surface area contributed by atoms with Crippen molar-refractivity contribution in [1.29, 1.82) is 0 Å². The molecule has 1 aliphatic rings. The summed E-state index contributed by atoms with van der Waals surface area (Å²) in [7, 11) is 4.11. The number of nitro benzene ring substituents is 1. The van der Waals surface area contributed by atoms with Crippen molar-refractivity contribution in [3.05, 3.63) is 40.1 Å². The van der Waals surface area contributed by atoms with Gasteiger partial charge in [-0.1, -0.05) is 0 Å². The van der Waals surface area contributed by atoms with Crippen LogP contribution in [0.4, 0.5) is 5.69 Å². The number of nitrogens with zero attached hydrogens (tertiary/aromatic N) is 4. The molecule has 1 aromatic carbocycles. The summed E-state index contributed by atoms with van der Waals surface area (Å²) in [6.45, 7) is 5.14. The molecule has 0 saturated carbocycles. The molecule has 8 heteroatoms. The van der Waals surface area contributed by atoms with Gasteiger partial charge in [0.25, 0.3) is 11.6 Å². The average molecular weight is 345 g/mol. The van der Waals surface area contributed by atoms with Gasteiger partial charge >= 0.3 is 0 Å². The Balaban J connectivity index is 1.65. The molecule has 0 bridgehead atoms. The highest BCUT2D eigenvalue weighted by Gasteiger charge is 2.23. The zero-order valence-electron chi connectivity index (χ0n) is 14.6. The van der Waals surface area contributed by atoms with Crippen LogP contribution in [0, 0.1) is 10.1 Å². The molecule has 25 heavy (non-hydrogen) atoms. The van der Waals surface area contributed by atoms with E-state index in [1.165, 1.54) is 12.1 Å². The van der Waals surface area contributed by atoms with Crippen LogP contribution in [0.1, 0.15) is 10.5 Å². The van der Waals surface area contributed by atoms with Crippen molar-refractivity contribution in [1.82, 2.24) is 19.7 Å². The quantitative estimate of drug-likeness (QED) is 0.654. The fourth-order valence-electron chi connectivity index (χ4n) is 3.04. The van der Waals surface area contributed by atoms with E-state index in [9.17, 15) is 14.9 Å². The lowest BCUT2D eigenvalue weighted by atomic mass is 10.2. The highest BCUT2D eigenvalue weighted by atomic mass is 16.6. The van der Waals surface area contributed by atoms with Crippen LogP contribution < -0.4 is 0 Å². The first-order valence-electron chi connectivity index (χ1n) is 8.37. The second-order valence-corrected chi connectivity index (χ2v) is 6.65. The number of carbonyl (C=O) groups excluding carboxylic acids is 1. The van der Waals surface area contributed by atoms with Gasteiger partial charge in [-0.05, 0) is 26.2 Å². The molecule has 1 aromatic heterocycles. The predicted molar refractivity (Wildman–Crippen MR) is 95.9 cm³/mol. The standard InChI is InChI=1S/C17H23N5O3/c1-19(2)5-6-20-7-9-21(10-8-20)17(23)16-12-13-11-14(22(24)25)3-4-15(13)18-16/h3-4,11-12,18H,5-10H2,1-2H3. The van der Waals surface area contributed by atoms with E-state index >= 15 is 0 Å². The van der Waals surface area contributed by atoms with E-state index < -0.39 is 4.92 Å². The first-order chi connectivity index (χ1) is 11.9. The molecule has 0 aliphatic carbocycles. The number of nitrogens with one attached hydrogen (secondary N) is 1. The molecule has 3 rings (SSSR count).